The topological polar surface area (TPSA) is 61.2 Å². The highest BCUT2D eigenvalue weighted by molar-refractivity contribution is 5.92. The van der Waals surface area contributed by atoms with Gasteiger partial charge < -0.3 is 4.74 Å². The van der Waals surface area contributed by atoms with Crippen LogP contribution in [-0.2, 0) is 9.53 Å². The Hall–Kier alpha value is -3.21. The Kier molecular flexibility index (Phi) is 4.75. The van der Waals surface area contributed by atoms with E-state index in [2.05, 4.69) is 5.10 Å². The molecule has 0 fully saturated rings. The summed E-state index contributed by atoms with van der Waals surface area (Å²) in [5, 5.41) is 4.55. The highest BCUT2D eigenvalue weighted by Gasteiger charge is 2.22. The highest BCUT2D eigenvalue weighted by atomic mass is 16.5. The molecule has 0 amide bonds. The molecule has 0 aliphatic rings. The van der Waals surface area contributed by atoms with E-state index in [0.717, 1.165) is 11.3 Å². The lowest BCUT2D eigenvalue weighted by Gasteiger charge is -2.11. The minimum absolute atomic E-state index is 0.206. The largest absolute Gasteiger partial charge is 0.450 e. The standard InChI is InChI=1S/C20H18N2O3/c1-14(23)15(2)25-20(24)19-13-18(16-9-5-3-6-10-16)21-22(19)17-11-7-4-8-12-17/h3-13,15H,1-2H3. The second-order valence-corrected chi connectivity index (χ2v) is 5.69. The first-order valence-electron chi connectivity index (χ1n) is 7.98. The lowest BCUT2D eigenvalue weighted by atomic mass is 10.1. The second-order valence-electron chi connectivity index (χ2n) is 5.69. The Labute approximate surface area is 145 Å². The Balaban J connectivity index is 2.05. The summed E-state index contributed by atoms with van der Waals surface area (Å²) < 4.78 is 6.80. The molecule has 2 aromatic carbocycles. The van der Waals surface area contributed by atoms with Crippen molar-refractivity contribution in [3.8, 4) is 16.9 Å². The minimum atomic E-state index is -0.799. The van der Waals surface area contributed by atoms with Crippen LogP contribution in [0.1, 0.15) is 24.3 Å². The maximum atomic E-state index is 12.6. The number of hydrogen-bond acceptors (Lipinski definition) is 4. The van der Waals surface area contributed by atoms with E-state index >= 15 is 0 Å². The zero-order valence-electron chi connectivity index (χ0n) is 14.0. The van der Waals surface area contributed by atoms with Crippen molar-refractivity contribution >= 4 is 11.8 Å². The van der Waals surface area contributed by atoms with Gasteiger partial charge in [-0.2, -0.15) is 5.10 Å². The van der Waals surface area contributed by atoms with Crippen LogP contribution in [0.2, 0.25) is 0 Å². The van der Waals surface area contributed by atoms with Crippen LogP contribution in [0.25, 0.3) is 16.9 Å². The van der Waals surface area contributed by atoms with Gasteiger partial charge in [-0.15, -0.1) is 0 Å². The van der Waals surface area contributed by atoms with Gasteiger partial charge in [-0.3, -0.25) is 4.79 Å². The van der Waals surface area contributed by atoms with Crippen molar-refractivity contribution in [2.75, 3.05) is 0 Å². The molecule has 0 aliphatic carbocycles. The maximum absolute atomic E-state index is 12.6. The van der Waals surface area contributed by atoms with Gasteiger partial charge in [0.1, 0.15) is 0 Å². The summed E-state index contributed by atoms with van der Waals surface area (Å²) in [6, 6.07) is 20.6. The summed E-state index contributed by atoms with van der Waals surface area (Å²) in [6.07, 6.45) is -0.799. The monoisotopic (exact) mass is 334 g/mol. The van der Waals surface area contributed by atoms with Gasteiger partial charge in [-0.05, 0) is 32.0 Å². The molecule has 25 heavy (non-hydrogen) atoms. The molecule has 3 aromatic rings. The fourth-order valence-corrected chi connectivity index (χ4v) is 2.35. The third-order valence-electron chi connectivity index (χ3n) is 3.85. The molecule has 0 aliphatic heterocycles. The smallest absolute Gasteiger partial charge is 0.357 e. The Bertz CT molecular complexity index is 886. The molecule has 0 N–H and O–H groups in total. The predicted molar refractivity (Wildman–Crippen MR) is 94.6 cm³/mol. The van der Waals surface area contributed by atoms with Crippen LogP contribution in [0.5, 0.6) is 0 Å². The van der Waals surface area contributed by atoms with Gasteiger partial charge in [0.15, 0.2) is 17.6 Å². The van der Waals surface area contributed by atoms with Crippen molar-refractivity contribution < 1.29 is 14.3 Å². The zero-order valence-corrected chi connectivity index (χ0v) is 14.0. The van der Waals surface area contributed by atoms with E-state index in [9.17, 15) is 9.59 Å². The van der Waals surface area contributed by atoms with Crippen LogP contribution in [0.4, 0.5) is 0 Å². The number of Topliss-reactive ketones (excluding diaryl/α,β-unsaturated/α-hetero) is 1. The number of ketones is 1. The van der Waals surface area contributed by atoms with Crippen LogP contribution in [-0.4, -0.2) is 27.6 Å². The van der Waals surface area contributed by atoms with E-state index in [1.807, 2.05) is 60.7 Å². The summed E-state index contributed by atoms with van der Waals surface area (Å²) in [4.78, 5) is 24.0. The third kappa shape index (κ3) is 3.66. The van der Waals surface area contributed by atoms with Crippen molar-refractivity contribution in [2.24, 2.45) is 0 Å². The van der Waals surface area contributed by atoms with Gasteiger partial charge >= 0.3 is 5.97 Å². The molecule has 126 valence electrons. The van der Waals surface area contributed by atoms with Crippen molar-refractivity contribution in [1.82, 2.24) is 9.78 Å². The van der Waals surface area contributed by atoms with Gasteiger partial charge in [0.2, 0.25) is 0 Å². The number of hydrogen-bond donors (Lipinski definition) is 0. The first-order chi connectivity index (χ1) is 12.1. The predicted octanol–water partition coefficient (Wildman–Crippen LogP) is 3.67. The quantitative estimate of drug-likeness (QED) is 0.668. The van der Waals surface area contributed by atoms with E-state index in [4.69, 9.17) is 4.74 Å². The van der Waals surface area contributed by atoms with Gasteiger partial charge in [-0.1, -0.05) is 48.5 Å². The lowest BCUT2D eigenvalue weighted by molar-refractivity contribution is -0.124. The van der Waals surface area contributed by atoms with Gasteiger partial charge in [0.05, 0.1) is 11.4 Å². The zero-order chi connectivity index (χ0) is 17.8. The summed E-state index contributed by atoms with van der Waals surface area (Å²) >= 11 is 0. The summed E-state index contributed by atoms with van der Waals surface area (Å²) in [6.45, 7) is 2.95. The molecule has 0 saturated carbocycles. The first kappa shape index (κ1) is 16.6. The number of esters is 1. The molecule has 1 heterocycles. The maximum Gasteiger partial charge on any atom is 0.357 e. The first-order valence-corrected chi connectivity index (χ1v) is 7.98. The van der Waals surface area contributed by atoms with Crippen molar-refractivity contribution in [3.05, 3.63) is 72.4 Å². The van der Waals surface area contributed by atoms with Crippen LogP contribution in [0.3, 0.4) is 0 Å². The number of carbonyl (C=O) groups excluding carboxylic acids is 2. The van der Waals surface area contributed by atoms with Crippen LogP contribution < -0.4 is 0 Å². The van der Waals surface area contributed by atoms with E-state index in [-0.39, 0.29) is 11.5 Å². The number of benzene rings is 2. The molecule has 5 heteroatoms. The van der Waals surface area contributed by atoms with E-state index in [0.29, 0.717) is 5.69 Å². The van der Waals surface area contributed by atoms with Crippen LogP contribution in [0.15, 0.2) is 66.7 Å². The number of rotatable bonds is 5. The molecule has 3 rings (SSSR count). The molecular weight excluding hydrogens is 316 g/mol. The fourth-order valence-electron chi connectivity index (χ4n) is 2.35. The van der Waals surface area contributed by atoms with Crippen molar-refractivity contribution in [3.63, 3.8) is 0 Å². The molecule has 1 unspecified atom stereocenters. The molecule has 1 aromatic heterocycles. The Morgan fingerprint density at radius 2 is 1.60 bits per heavy atom. The van der Waals surface area contributed by atoms with Gasteiger partial charge in [0, 0.05) is 5.56 Å². The normalized spacial score (nSPS) is 11.8. The molecule has 0 saturated heterocycles. The number of para-hydroxylation sites is 1. The minimum Gasteiger partial charge on any atom is -0.450 e. The van der Waals surface area contributed by atoms with Gasteiger partial charge in [-0.25, -0.2) is 9.48 Å². The lowest BCUT2D eigenvalue weighted by Crippen LogP contribution is -2.23. The number of nitrogens with zero attached hydrogens (tertiary/aromatic N) is 2. The van der Waals surface area contributed by atoms with Crippen LogP contribution >= 0.6 is 0 Å². The molecule has 0 spiro atoms. The average Bonchev–Trinajstić information content (AvgIpc) is 3.08. The number of aromatic nitrogens is 2. The van der Waals surface area contributed by atoms with E-state index in [1.165, 1.54) is 11.6 Å². The molecule has 0 bridgehead atoms. The molecular formula is C20H18N2O3. The summed E-state index contributed by atoms with van der Waals surface area (Å²) in [7, 11) is 0. The molecule has 5 nitrogen and oxygen atoms in total. The number of carbonyl (C=O) groups is 2. The molecule has 0 radical (unpaired) electrons. The molecule has 1 atom stereocenters. The Morgan fingerprint density at radius 1 is 1.00 bits per heavy atom. The summed E-state index contributed by atoms with van der Waals surface area (Å²) in [5.74, 6) is -0.788. The van der Waals surface area contributed by atoms with E-state index in [1.54, 1.807) is 13.0 Å². The van der Waals surface area contributed by atoms with Gasteiger partial charge in [0.25, 0.3) is 0 Å². The fraction of sp³-hybridized carbons (Fsp3) is 0.150. The third-order valence-corrected chi connectivity index (χ3v) is 3.85. The SMILES string of the molecule is CC(=O)C(C)OC(=O)c1cc(-c2ccccc2)nn1-c1ccccc1. The second kappa shape index (κ2) is 7.13. The number of ether oxygens (including phenoxy) is 1. The van der Waals surface area contributed by atoms with Crippen LogP contribution in [0, 0.1) is 0 Å². The van der Waals surface area contributed by atoms with Crippen molar-refractivity contribution in [2.45, 2.75) is 20.0 Å². The highest BCUT2D eigenvalue weighted by Crippen LogP contribution is 2.22. The van der Waals surface area contributed by atoms with E-state index < -0.39 is 12.1 Å². The summed E-state index contributed by atoms with van der Waals surface area (Å²) in [5.41, 5.74) is 2.57. The van der Waals surface area contributed by atoms with Crippen molar-refractivity contribution in [1.29, 1.82) is 0 Å². The average molecular weight is 334 g/mol. The Morgan fingerprint density at radius 3 is 2.20 bits per heavy atom.